The summed E-state index contributed by atoms with van der Waals surface area (Å²) in [6.07, 6.45) is 5.10. The van der Waals surface area contributed by atoms with Crippen molar-refractivity contribution in [3.63, 3.8) is 0 Å². The molecule has 3 nitrogen and oxygen atoms in total. The van der Waals surface area contributed by atoms with E-state index in [4.69, 9.17) is 4.74 Å². The zero-order valence-electron chi connectivity index (χ0n) is 11.6. The maximum absolute atomic E-state index is 5.55. The summed E-state index contributed by atoms with van der Waals surface area (Å²) >= 11 is 0. The largest absolute Gasteiger partial charge is 0.380 e. The van der Waals surface area contributed by atoms with Crippen LogP contribution in [0.3, 0.4) is 0 Å². The van der Waals surface area contributed by atoms with Crippen molar-refractivity contribution in [3.05, 3.63) is 29.8 Å². The summed E-state index contributed by atoms with van der Waals surface area (Å²) in [5, 5.41) is 3.67. The molecule has 1 aromatic carbocycles. The van der Waals surface area contributed by atoms with Gasteiger partial charge in [-0.05, 0) is 50.4 Å². The number of nitrogens with zero attached hydrogens (tertiary/aromatic N) is 1. The Morgan fingerprint density at radius 3 is 2.79 bits per heavy atom. The van der Waals surface area contributed by atoms with Gasteiger partial charge in [0.2, 0.25) is 0 Å². The zero-order chi connectivity index (χ0) is 12.9. The first-order valence-electron chi connectivity index (χ1n) is 7.56. The van der Waals surface area contributed by atoms with Crippen LogP contribution in [0.15, 0.2) is 24.3 Å². The quantitative estimate of drug-likeness (QED) is 0.901. The molecule has 1 N–H and O–H groups in total. The molecule has 2 saturated heterocycles. The van der Waals surface area contributed by atoms with Crippen LogP contribution in [0.25, 0.3) is 0 Å². The van der Waals surface area contributed by atoms with Crippen molar-refractivity contribution >= 4 is 5.69 Å². The summed E-state index contributed by atoms with van der Waals surface area (Å²) in [5.41, 5.74) is 2.72. The molecule has 3 rings (SSSR count). The Hall–Kier alpha value is -1.06. The van der Waals surface area contributed by atoms with Gasteiger partial charge < -0.3 is 10.1 Å². The minimum atomic E-state index is 0.480. The summed E-state index contributed by atoms with van der Waals surface area (Å²) in [6, 6.07) is 9.21. The molecule has 0 amide bonds. The Morgan fingerprint density at radius 2 is 2.00 bits per heavy atom. The number of anilines is 1. The second-order valence-corrected chi connectivity index (χ2v) is 5.70. The van der Waals surface area contributed by atoms with Gasteiger partial charge in [-0.1, -0.05) is 18.2 Å². The van der Waals surface area contributed by atoms with E-state index in [1.54, 1.807) is 0 Å². The number of para-hydroxylation sites is 1. The summed E-state index contributed by atoms with van der Waals surface area (Å²) < 4.78 is 5.55. The van der Waals surface area contributed by atoms with E-state index in [1.807, 2.05) is 0 Å². The van der Waals surface area contributed by atoms with Gasteiger partial charge in [0.25, 0.3) is 0 Å². The van der Waals surface area contributed by atoms with E-state index in [1.165, 1.54) is 50.0 Å². The van der Waals surface area contributed by atoms with Crippen LogP contribution >= 0.6 is 0 Å². The first-order chi connectivity index (χ1) is 9.42. The average molecular weight is 260 g/mol. The minimum absolute atomic E-state index is 0.480. The van der Waals surface area contributed by atoms with Crippen LogP contribution in [0.4, 0.5) is 5.69 Å². The standard InChI is InChI=1S/C16H24N2O/c1-2-8-16(17-15-7-5-11-19-13-15)14(6-1)12-18-9-3-4-10-18/h1-2,6,8,15,17H,3-5,7,9-13H2. The lowest BCUT2D eigenvalue weighted by Gasteiger charge is -2.26. The Bertz CT molecular complexity index is 395. The third-order valence-corrected chi connectivity index (χ3v) is 4.13. The molecular formula is C16H24N2O. The second-order valence-electron chi connectivity index (χ2n) is 5.70. The van der Waals surface area contributed by atoms with E-state index in [9.17, 15) is 0 Å². The van der Waals surface area contributed by atoms with Crippen LogP contribution in [0.2, 0.25) is 0 Å². The maximum atomic E-state index is 5.55. The molecule has 2 heterocycles. The van der Waals surface area contributed by atoms with Crippen LogP contribution in [0, 0.1) is 0 Å². The molecule has 0 aromatic heterocycles. The van der Waals surface area contributed by atoms with Crippen molar-refractivity contribution in [1.82, 2.24) is 4.90 Å². The summed E-state index contributed by atoms with van der Waals surface area (Å²) in [7, 11) is 0. The molecule has 2 fully saturated rings. The summed E-state index contributed by atoms with van der Waals surface area (Å²) in [6.45, 7) is 5.35. The van der Waals surface area contributed by atoms with Crippen LogP contribution in [0.1, 0.15) is 31.2 Å². The van der Waals surface area contributed by atoms with Gasteiger partial charge in [0.1, 0.15) is 0 Å². The predicted octanol–water partition coefficient (Wildman–Crippen LogP) is 2.87. The minimum Gasteiger partial charge on any atom is -0.380 e. The van der Waals surface area contributed by atoms with E-state index in [2.05, 4.69) is 34.5 Å². The van der Waals surface area contributed by atoms with Crippen LogP contribution in [0.5, 0.6) is 0 Å². The van der Waals surface area contributed by atoms with E-state index in [-0.39, 0.29) is 0 Å². The van der Waals surface area contributed by atoms with E-state index in [0.717, 1.165) is 19.8 Å². The van der Waals surface area contributed by atoms with Crippen LogP contribution in [-0.4, -0.2) is 37.2 Å². The number of nitrogens with one attached hydrogen (secondary N) is 1. The van der Waals surface area contributed by atoms with Crippen LogP contribution < -0.4 is 5.32 Å². The first kappa shape index (κ1) is 12.9. The van der Waals surface area contributed by atoms with Crippen molar-refractivity contribution in [2.24, 2.45) is 0 Å². The van der Waals surface area contributed by atoms with Crippen molar-refractivity contribution in [3.8, 4) is 0 Å². The molecule has 0 spiro atoms. The van der Waals surface area contributed by atoms with Gasteiger partial charge in [-0.2, -0.15) is 0 Å². The first-order valence-corrected chi connectivity index (χ1v) is 7.56. The molecule has 3 heteroatoms. The topological polar surface area (TPSA) is 24.5 Å². The molecular weight excluding hydrogens is 236 g/mol. The van der Waals surface area contributed by atoms with Crippen molar-refractivity contribution in [2.45, 2.75) is 38.3 Å². The van der Waals surface area contributed by atoms with Crippen LogP contribution in [-0.2, 0) is 11.3 Å². The molecule has 2 aliphatic heterocycles. The lowest BCUT2D eigenvalue weighted by Crippen LogP contribution is -2.30. The summed E-state index contributed by atoms with van der Waals surface area (Å²) in [5.74, 6) is 0. The van der Waals surface area contributed by atoms with Crippen molar-refractivity contribution in [2.75, 3.05) is 31.6 Å². The van der Waals surface area contributed by atoms with E-state index in [0.29, 0.717) is 6.04 Å². The molecule has 0 aliphatic carbocycles. The van der Waals surface area contributed by atoms with Gasteiger partial charge in [-0.25, -0.2) is 0 Å². The third-order valence-electron chi connectivity index (χ3n) is 4.13. The molecule has 19 heavy (non-hydrogen) atoms. The highest BCUT2D eigenvalue weighted by Gasteiger charge is 2.17. The molecule has 1 unspecified atom stereocenters. The lowest BCUT2D eigenvalue weighted by atomic mass is 10.1. The van der Waals surface area contributed by atoms with Crippen molar-refractivity contribution < 1.29 is 4.74 Å². The second kappa shape index (κ2) is 6.40. The number of rotatable bonds is 4. The normalized spacial score (nSPS) is 24.5. The Balaban J connectivity index is 1.65. The monoisotopic (exact) mass is 260 g/mol. The number of ether oxygens (including phenoxy) is 1. The SMILES string of the molecule is c1ccc(NC2CCCOC2)c(CN2CCCC2)c1. The fourth-order valence-corrected chi connectivity index (χ4v) is 3.06. The fourth-order valence-electron chi connectivity index (χ4n) is 3.06. The zero-order valence-corrected chi connectivity index (χ0v) is 11.6. The Labute approximate surface area is 115 Å². The molecule has 0 radical (unpaired) electrons. The van der Waals surface area contributed by atoms with Crippen molar-refractivity contribution in [1.29, 1.82) is 0 Å². The maximum Gasteiger partial charge on any atom is 0.0667 e. The Kier molecular flexibility index (Phi) is 4.36. The predicted molar refractivity (Wildman–Crippen MR) is 78.4 cm³/mol. The third kappa shape index (κ3) is 3.48. The van der Waals surface area contributed by atoms with E-state index >= 15 is 0 Å². The van der Waals surface area contributed by atoms with Gasteiger partial charge in [-0.3, -0.25) is 4.90 Å². The average Bonchev–Trinajstić information content (AvgIpc) is 2.95. The van der Waals surface area contributed by atoms with Gasteiger partial charge in [0.15, 0.2) is 0 Å². The Morgan fingerprint density at radius 1 is 1.16 bits per heavy atom. The molecule has 1 atom stereocenters. The number of hydrogen-bond donors (Lipinski definition) is 1. The number of likely N-dealkylation sites (tertiary alicyclic amines) is 1. The molecule has 2 aliphatic rings. The molecule has 1 aromatic rings. The molecule has 0 saturated carbocycles. The summed E-state index contributed by atoms with van der Waals surface area (Å²) in [4.78, 5) is 2.55. The van der Waals surface area contributed by atoms with Gasteiger partial charge >= 0.3 is 0 Å². The van der Waals surface area contributed by atoms with Gasteiger partial charge in [-0.15, -0.1) is 0 Å². The highest BCUT2D eigenvalue weighted by molar-refractivity contribution is 5.51. The molecule has 104 valence electrons. The van der Waals surface area contributed by atoms with E-state index < -0.39 is 0 Å². The number of hydrogen-bond acceptors (Lipinski definition) is 3. The smallest absolute Gasteiger partial charge is 0.0667 e. The van der Waals surface area contributed by atoms with Gasteiger partial charge in [0, 0.05) is 24.9 Å². The lowest BCUT2D eigenvalue weighted by molar-refractivity contribution is 0.0876. The number of benzene rings is 1. The fraction of sp³-hybridized carbons (Fsp3) is 0.625. The molecule has 0 bridgehead atoms. The highest BCUT2D eigenvalue weighted by Crippen LogP contribution is 2.22. The van der Waals surface area contributed by atoms with Gasteiger partial charge in [0.05, 0.1) is 6.61 Å². The highest BCUT2D eigenvalue weighted by atomic mass is 16.5.